The van der Waals surface area contributed by atoms with Crippen LogP contribution in [0.3, 0.4) is 0 Å². The van der Waals surface area contributed by atoms with Crippen molar-refractivity contribution in [3.05, 3.63) is 77.1 Å². The topological polar surface area (TPSA) is 86.7 Å². The van der Waals surface area contributed by atoms with Crippen LogP contribution >= 0.6 is 0 Å². The predicted molar refractivity (Wildman–Crippen MR) is 111 cm³/mol. The Balaban J connectivity index is 1.98. The molecule has 2 N–H and O–H groups in total. The van der Waals surface area contributed by atoms with E-state index in [0.29, 0.717) is 33.4 Å². The molecule has 0 amide bonds. The SMILES string of the molecule is CC(CN)n1cnc2c(-c3cccnc3)nc(-c3ccc(C(F)(F)F)cc3)cc2c1=O. The lowest BCUT2D eigenvalue weighted by atomic mass is 10.0. The van der Waals surface area contributed by atoms with E-state index in [2.05, 4.69) is 15.0 Å². The molecule has 1 unspecified atom stereocenters. The van der Waals surface area contributed by atoms with Crippen molar-refractivity contribution in [2.75, 3.05) is 6.54 Å². The predicted octanol–water partition coefficient (Wildman–Crippen LogP) is 4.06. The first-order valence-corrected chi connectivity index (χ1v) is 9.49. The molecule has 9 heteroatoms. The molecule has 0 aliphatic rings. The fraction of sp³-hybridized carbons (Fsp3) is 0.182. The van der Waals surface area contributed by atoms with Crippen molar-refractivity contribution in [3.8, 4) is 22.5 Å². The van der Waals surface area contributed by atoms with Crippen LogP contribution in [0.2, 0.25) is 0 Å². The summed E-state index contributed by atoms with van der Waals surface area (Å²) in [6, 6.07) is 9.43. The summed E-state index contributed by atoms with van der Waals surface area (Å²) in [4.78, 5) is 26.3. The van der Waals surface area contributed by atoms with E-state index in [9.17, 15) is 18.0 Å². The standard InChI is InChI=1S/C22H18F3N5O/c1-13(10-26)30-12-28-20-17(21(30)31)9-18(29-19(20)15-3-2-8-27-11-15)14-4-6-16(7-5-14)22(23,24)25/h2-9,11-13H,10,26H2,1H3. The molecule has 6 nitrogen and oxygen atoms in total. The maximum absolute atomic E-state index is 13.2. The molecule has 0 aliphatic heterocycles. The van der Waals surface area contributed by atoms with Crippen molar-refractivity contribution in [2.24, 2.45) is 5.73 Å². The van der Waals surface area contributed by atoms with Gasteiger partial charge >= 0.3 is 6.18 Å². The maximum Gasteiger partial charge on any atom is 0.416 e. The van der Waals surface area contributed by atoms with E-state index >= 15 is 0 Å². The number of hydrogen-bond donors (Lipinski definition) is 1. The highest BCUT2D eigenvalue weighted by Gasteiger charge is 2.30. The van der Waals surface area contributed by atoms with E-state index in [1.807, 2.05) is 0 Å². The summed E-state index contributed by atoms with van der Waals surface area (Å²) >= 11 is 0. The van der Waals surface area contributed by atoms with Crippen molar-refractivity contribution in [3.63, 3.8) is 0 Å². The van der Waals surface area contributed by atoms with Crippen LogP contribution in [0.1, 0.15) is 18.5 Å². The highest BCUT2D eigenvalue weighted by atomic mass is 19.4. The smallest absolute Gasteiger partial charge is 0.328 e. The molecular weight excluding hydrogens is 407 g/mol. The minimum Gasteiger partial charge on any atom is -0.328 e. The third-order valence-corrected chi connectivity index (χ3v) is 5.03. The van der Waals surface area contributed by atoms with Crippen LogP contribution in [0.15, 0.2) is 66.0 Å². The number of aromatic nitrogens is 4. The van der Waals surface area contributed by atoms with E-state index in [4.69, 9.17) is 5.73 Å². The van der Waals surface area contributed by atoms with Gasteiger partial charge in [0.15, 0.2) is 0 Å². The largest absolute Gasteiger partial charge is 0.416 e. The van der Waals surface area contributed by atoms with Crippen LogP contribution in [0, 0.1) is 0 Å². The molecule has 4 aromatic rings. The Bertz CT molecular complexity index is 1290. The van der Waals surface area contributed by atoms with E-state index in [1.165, 1.54) is 23.0 Å². The summed E-state index contributed by atoms with van der Waals surface area (Å²) in [5.74, 6) is 0. The van der Waals surface area contributed by atoms with E-state index < -0.39 is 11.7 Å². The number of pyridine rings is 2. The second kappa shape index (κ2) is 7.92. The Morgan fingerprint density at radius 1 is 1.13 bits per heavy atom. The molecular formula is C22H18F3N5O. The molecule has 4 rings (SSSR count). The number of nitrogens with zero attached hydrogens (tertiary/aromatic N) is 4. The lowest BCUT2D eigenvalue weighted by molar-refractivity contribution is -0.137. The van der Waals surface area contributed by atoms with Crippen LogP contribution in [0.25, 0.3) is 33.4 Å². The molecule has 0 bridgehead atoms. The molecule has 3 aromatic heterocycles. The van der Waals surface area contributed by atoms with Crippen molar-refractivity contribution in [1.82, 2.24) is 19.5 Å². The molecule has 0 radical (unpaired) electrons. The van der Waals surface area contributed by atoms with E-state index in [1.54, 1.807) is 37.5 Å². The van der Waals surface area contributed by atoms with Crippen LogP contribution in [-0.2, 0) is 6.18 Å². The third-order valence-electron chi connectivity index (χ3n) is 5.03. The molecule has 0 aliphatic carbocycles. The molecule has 1 aromatic carbocycles. The average Bonchev–Trinajstić information content (AvgIpc) is 2.78. The van der Waals surface area contributed by atoms with Crippen molar-refractivity contribution < 1.29 is 13.2 Å². The molecule has 1 atom stereocenters. The molecule has 0 fully saturated rings. The Hall–Kier alpha value is -3.59. The van der Waals surface area contributed by atoms with Gasteiger partial charge in [0, 0.05) is 36.1 Å². The Morgan fingerprint density at radius 3 is 2.48 bits per heavy atom. The molecule has 0 spiro atoms. The molecule has 0 saturated carbocycles. The van der Waals surface area contributed by atoms with Crippen LogP contribution in [-0.4, -0.2) is 26.1 Å². The molecule has 3 heterocycles. The summed E-state index contributed by atoms with van der Waals surface area (Å²) in [5.41, 5.74) is 6.89. The summed E-state index contributed by atoms with van der Waals surface area (Å²) in [6.45, 7) is 2.05. The van der Waals surface area contributed by atoms with Crippen molar-refractivity contribution in [1.29, 1.82) is 0 Å². The summed E-state index contributed by atoms with van der Waals surface area (Å²) < 4.78 is 40.2. The Kier molecular flexibility index (Phi) is 5.28. The Labute approximate surface area is 175 Å². The minimum atomic E-state index is -4.44. The van der Waals surface area contributed by atoms with Gasteiger partial charge < -0.3 is 5.73 Å². The highest BCUT2D eigenvalue weighted by Crippen LogP contribution is 2.32. The zero-order chi connectivity index (χ0) is 22.2. The lowest BCUT2D eigenvalue weighted by Gasteiger charge is -2.15. The first kappa shape index (κ1) is 20.7. The van der Waals surface area contributed by atoms with Gasteiger partial charge in [-0.15, -0.1) is 0 Å². The first-order chi connectivity index (χ1) is 14.8. The highest BCUT2D eigenvalue weighted by molar-refractivity contribution is 5.93. The van der Waals surface area contributed by atoms with E-state index in [0.717, 1.165) is 12.1 Å². The number of hydrogen-bond acceptors (Lipinski definition) is 5. The number of fused-ring (bicyclic) bond motifs is 1. The fourth-order valence-electron chi connectivity index (χ4n) is 3.25. The van der Waals surface area contributed by atoms with Crippen LogP contribution in [0.4, 0.5) is 13.2 Å². The van der Waals surface area contributed by atoms with Gasteiger partial charge in [0.2, 0.25) is 0 Å². The van der Waals surface area contributed by atoms with Gasteiger partial charge in [-0.05, 0) is 37.3 Å². The minimum absolute atomic E-state index is 0.249. The zero-order valence-corrected chi connectivity index (χ0v) is 16.5. The molecule has 158 valence electrons. The maximum atomic E-state index is 13.2. The number of alkyl halides is 3. The Morgan fingerprint density at radius 2 is 1.87 bits per heavy atom. The summed E-state index contributed by atoms with van der Waals surface area (Å²) in [7, 11) is 0. The van der Waals surface area contributed by atoms with Crippen LogP contribution in [0.5, 0.6) is 0 Å². The van der Waals surface area contributed by atoms with Crippen molar-refractivity contribution in [2.45, 2.75) is 19.1 Å². The summed E-state index contributed by atoms with van der Waals surface area (Å²) in [5, 5.41) is 0.298. The number of benzene rings is 1. The van der Waals surface area contributed by atoms with Gasteiger partial charge in [-0.1, -0.05) is 12.1 Å². The van der Waals surface area contributed by atoms with Gasteiger partial charge in [-0.2, -0.15) is 13.2 Å². The first-order valence-electron chi connectivity index (χ1n) is 9.49. The second-order valence-electron chi connectivity index (χ2n) is 7.11. The normalized spacial score (nSPS) is 12.8. The van der Waals surface area contributed by atoms with Gasteiger partial charge in [0.05, 0.1) is 28.7 Å². The van der Waals surface area contributed by atoms with Crippen molar-refractivity contribution >= 4 is 10.9 Å². The number of halogens is 3. The summed E-state index contributed by atoms with van der Waals surface area (Å²) in [6.07, 6.45) is 0.191. The number of rotatable bonds is 4. The second-order valence-corrected chi connectivity index (χ2v) is 7.11. The van der Waals surface area contributed by atoms with E-state index in [-0.39, 0.29) is 18.1 Å². The lowest BCUT2D eigenvalue weighted by Crippen LogP contribution is -2.28. The quantitative estimate of drug-likeness (QED) is 0.533. The van der Waals surface area contributed by atoms with Gasteiger partial charge in [-0.25, -0.2) is 9.97 Å². The van der Waals surface area contributed by atoms with Gasteiger partial charge in [0.1, 0.15) is 5.52 Å². The third kappa shape index (κ3) is 3.91. The molecule has 0 saturated heterocycles. The fourth-order valence-corrected chi connectivity index (χ4v) is 3.25. The van der Waals surface area contributed by atoms with Gasteiger partial charge in [0.25, 0.3) is 5.56 Å². The molecule has 31 heavy (non-hydrogen) atoms. The monoisotopic (exact) mass is 425 g/mol. The number of nitrogens with two attached hydrogens (primary N) is 1. The van der Waals surface area contributed by atoms with Gasteiger partial charge in [-0.3, -0.25) is 14.3 Å². The zero-order valence-electron chi connectivity index (χ0n) is 16.5. The van der Waals surface area contributed by atoms with Crippen LogP contribution < -0.4 is 11.3 Å². The average molecular weight is 425 g/mol.